The molecule has 0 fully saturated rings. The maximum absolute atomic E-state index is 9.61. The van der Waals surface area contributed by atoms with Gasteiger partial charge in [0.15, 0.2) is 0 Å². The SMILES string of the molecule is CNC(O)c1cc(Cl)c(C)cc1OC. The summed E-state index contributed by atoms with van der Waals surface area (Å²) in [7, 11) is 3.23. The molecule has 1 unspecified atom stereocenters. The fraction of sp³-hybridized carbons (Fsp3) is 0.400. The van der Waals surface area contributed by atoms with E-state index in [4.69, 9.17) is 16.3 Å². The topological polar surface area (TPSA) is 41.5 Å². The van der Waals surface area contributed by atoms with Gasteiger partial charge in [-0.15, -0.1) is 0 Å². The number of aliphatic hydroxyl groups excluding tert-OH is 1. The molecule has 0 heterocycles. The van der Waals surface area contributed by atoms with E-state index in [2.05, 4.69) is 5.32 Å². The molecule has 0 spiro atoms. The monoisotopic (exact) mass is 215 g/mol. The highest BCUT2D eigenvalue weighted by molar-refractivity contribution is 6.31. The first-order chi connectivity index (χ1) is 6.60. The zero-order valence-electron chi connectivity index (χ0n) is 8.47. The molecule has 14 heavy (non-hydrogen) atoms. The average Bonchev–Trinajstić information content (AvgIpc) is 2.20. The first-order valence-corrected chi connectivity index (χ1v) is 4.67. The molecule has 0 amide bonds. The molecule has 1 aromatic rings. The summed E-state index contributed by atoms with van der Waals surface area (Å²) in [6, 6.07) is 3.51. The van der Waals surface area contributed by atoms with Gasteiger partial charge in [-0.25, -0.2) is 0 Å². The molecule has 0 aliphatic rings. The number of aryl methyl sites for hydroxylation is 1. The molecule has 0 bridgehead atoms. The molecule has 4 heteroatoms. The highest BCUT2D eigenvalue weighted by atomic mass is 35.5. The van der Waals surface area contributed by atoms with Crippen LogP contribution in [0.1, 0.15) is 17.4 Å². The molecule has 1 rings (SSSR count). The van der Waals surface area contributed by atoms with Gasteiger partial charge in [-0.05, 0) is 31.7 Å². The van der Waals surface area contributed by atoms with E-state index in [9.17, 15) is 5.11 Å². The Morgan fingerprint density at radius 3 is 2.64 bits per heavy atom. The van der Waals surface area contributed by atoms with Crippen LogP contribution in [0.4, 0.5) is 0 Å². The molecule has 1 atom stereocenters. The summed E-state index contributed by atoms with van der Waals surface area (Å²) >= 11 is 5.95. The number of halogens is 1. The van der Waals surface area contributed by atoms with Crippen molar-refractivity contribution in [2.75, 3.05) is 14.2 Å². The molecule has 0 aliphatic heterocycles. The molecule has 2 N–H and O–H groups in total. The summed E-state index contributed by atoms with van der Waals surface area (Å²) in [4.78, 5) is 0. The smallest absolute Gasteiger partial charge is 0.134 e. The van der Waals surface area contributed by atoms with Crippen molar-refractivity contribution in [1.29, 1.82) is 0 Å². The second-order valence-electron chi connectivity index (χ2n) is 3.03. The molecular formula is C10H14ClNO2. The Balaban J connectivity index is 3.19. The van der Waals surface area contributed by atoms with Crippen molar-refractivity contribution in [2.45, 2.75) is 13.2 Å². The second-order valence-corrected chi connectivity index (χ2v) is 3.44. The van der Waals surface area contributed by atoms with Crippen LogP contribution >= 0.6 is 11.6 Å². The number of nitrogens with one attached hydrogen (secondary N) is 1. The molecule has 0 radical (unpaired) electrons. The minimum atomic E-state index is -0.761. The van der Waals surface area contributed by atoms with Crippen molar-refractivity contribution >= 4 is 11.6 Å². The summed E-state index contributed by atoms with van der Waals surface area (Å²) in [5.74, 6) is 0.633. The first-order valence-electron chi connectivity index (χ1n) is 4.29. The van der Waals surface area contributed by atoms with Crippen LogP contribution in [0.15, 0.2) is 12.1 Å². The van der Waals surface area contributed by atoms with E-state index in [-0.39, 0.29) is 0 Å². The van der Waals surface area contributed by atoms with Gasteiger partial charge in [-0.1, -0.05) is 11.6 Å². The average molecular weight is 216 g/mol. The highest BCUT2D eigenvalue weighted by Gasteiger charge is 2.13. The zero-order valence-corrected chi connectivity index (χ0v) is 9.22. The molecule has 0 saturated carbocycles. The number of aliphatic hydroxyl groups is 1. The Morgan fingerprint density at radius 2 is 2.14 bits per heavy atom. The largest absolute Gasteiger partial charge is 0.496 e. The predicted octanol–water partition coefficient (Wildman–Crippen LogP) is 1.87. The number of rotatable bonds is 3. The van der Waals surface area contributed by atoms with Gasteiger partial charge < -0.3 is 9.84 Å². The molecule has 0 saturated heterocycles. The lowest BCUT2D eigenvalue weighted by atomic mass is 10.1. The summed E-state index contributed by atoms with van der Waals surface area (Å²) < 4.78 is 5.15. The van der Waals surface area contributed by atoms with E-state index >= 15 is 0 Å². The number of methoxy groups -OCH3 is 1. The fourth-order valence-corrected chi connectivity index (χ4v) is 1.39. The normalized spacial score (nSPS) is 12.6. The quantitative estimate of drug-likeness (QED) is 0.757. The molecule has 0 aromatic heterocycles. The lowest BCUT2D eigenvalue weighted by molar-refractivity contribution is 0.145. The second kappa shape index (κ2) is 4.64. The van der Waals surface area contributed by atoms with Crippen molar-refractivity contribution in [2.24, 2.45) is 0 Å². The van der Waals surface area contributed by atoms with E-state index in [1.54, 1.807) is 26.3 Å². The van der Waals surface area contributed by atoms with Gasteiger partial charge in [0.05, 0.1) is 7.11 Å². The van der Waals surface area contributed by atoms with Crippen molar-refractivity contribution in [1.82, 2.24) is 5.32 Å². The van der Waals surface area contributed by atoms with Crippen molar-refractivity contribution in [3.8, 4) is 5.75 Å². The zero-order chi connectivity index (χ0) is 10.7. The van der Waals surface area contributed by atoms with E-state index in [0.29, 0.717) is 16.3 Å². The number of ether oxygens (including phenoxy) is 1. The van der Waals surface area contributed by atoms with Gasteiger partial charge in [-0.2, -0.15) is 0 Å². The molecule has 1 aromatic carbocycles. The fourth-order valence-electron chi connectivity index (χ4n) is 1.22. The van der Waals surface area contributed by atoms with Crippen LogP contribution in [-0.4, -0.2) is 19.3 Å². The van der Waals surface area contributed by atoms with Crippen LogP contribution < -0.4 is 10.1 Å². The maximum Gasteiger partial charge on any atom is 0.134 e. The van der Waals surface area contributed by atoms with E-state index in [1.165, 1.54) is 0 Å². The third kappa shape index (κ3) is 2.18. The minimum Gasteiger partial charge on any atom is -0.496 e. The van der Waals surface area contributed by atoms with Gasteiger partial charge in [0, 0.05) is 10.6 Å². The van der Waals surface area contributed by atoms with Crippen LogP contribution in [-0.2, 0) is 0 Å². The van der Waals surface area contributed by atoms with Gasteiger partial charge in [0.2, 0.25) is 0 Å². The lowest BCUT2D eigenvalue weighted by Gasteiger charge is -2.15. The van der Waals surface area contributed by atoms with Crippen molar-refractivity contribution < 1.29 is 9.84 Å². The van der Waals surface area contributed by atoms with Crippen LogP contribution in [0.5, 0.6) is 5.75 Å². The molecule has 3 nitrogen and oxygen atoms in total. The van der Waals surface area contributed by atoms with Gasteiger partial charge >= 0.3 is 0 Å². The van der Waals surface area contributed by atoms with Crippen molar-refractivity contribution in [3.63, 3.8) is 0 Å². The predicted molar refractivity (Wildman–Crippen MR) is 56.8 cm³/mol. The van der Waals surface area contributed by atoms with Gasteiger partial charge in [-0.3, -0.25) is 5.32 Å². The maximum atomic E-state index is 9.61. The summed E-state index contributed by atoms with van der Waals surface area (Å²) in [5.41, 5.74) is 1.57. The van der Waals surface area contributed by atoms with Crippen molar-refractivity contribution in [3.05, 3.63) is 28.3 Å². The Kier molecular flexibility index (Phi) is 3.75. The summed E-state index contributed by atoms with van der Waals surface area (Å²) in [6.45, 7) is 1.89. The Labute approximate surface area is 88.7 Å². The van der Waals surface area contributed by atoms with E-state index < -0.39 is 6.23 Å². The van der Waals surface area contributed by atoms with Crippen LogP contribution in [0.2, 0.25) is 5.02 Å². The molecular weight excluding hydrogens is 202 g/mol. The lowest BCUT2D eigenvalue weighted by Crippen LogP contribution is -2.16. The van der Waals surface area contributed by atoms with Crippen LogP contribution in [0.3, 0.4) is 0 Å². The minimum absolute atomic E-state index is 0.620. The van der Waals surface area contributed by atoms with Gasteiger partial charge in [0.25, 0.3) is 0 Å². The third-order valence-corrected chi connectivity index (χ3v) is 2.49. The third-order valence-electron chi connectivity index (χ3n) is 2.08. The van der Waals surface area contributed by atoms with Gasteiger partial charge in [0.1, 0.15) is 12.0 Å². The summed E-state index contributed by atoms with van der Waals surface area (Å²) in [6.07, 6.45) is -0.761. The Morgan fingerprint density at radius 1 is 1.50 bits per heavy atom. The van der Waals surface area contributed by atoms with Crippen LogP contribution in [0, 0.1) is 6.92 Å². The summed E-state index contributed by atoms with van der Waals surface area (Å²) in [5, 5.41) is 12.9. The Hall–Kier alpha value is -0.770. The molecule has 78 valence electrons. The Bertz CT molecular complexity index is 328. The number of benzene rings is 1. The van der Waals surface area contributed by atoms with E-state index in [1.807, 2.05) is 6.92 Å². The van der Waals surface area contributed by atoms with Crippen LogP contribution in [0.25, 0.3) is 0 Å². The standard InChI is InChI=1S/C10H14ClNO2/c1-6-4-9(14-3)7(5-8(6)11)10(13)12-2/h4-5,10,12-13H,1-3H3. The molecule has 0 aliphatic carbocycles. The highest BCUT2D eigenvalue weighted by Crippen LogP contribution is 2.29. The number of hydrogen-bond donors (Lipinski definition) is 2. The first kappa shape index (κ1) is 11.3. The number of hydrogen-bond acceptors (Lipinski definition) is 3. The van der Waals surface area contributed by atoms with E-state index in [0.717, 1.165) is 5.56 Å².